The summed E-state index contributed by atoms with van der Waals surface area (Å²) in [6.07, 6.45) is 5.53. The quantitative estimate of drug-likeness (QED) is 0.404. The van der Waals surface area contributed by atoms with Gasteiger partial charge in [-0.3, -0.25) is 0 Å². The molecule has 39 heavy (non-hydrogen) atoms. The van der Waals surface area contributed by atoms with E-state index >= 15 is 4.39 Å². The van der Waals surface area contributed by atoms with Crippen LogP contribution in [0.15, 0.2) is 48.9 Å². The molecule has 3 aliphatic heterocycles. The van der Waals surface area contributed by atoms with Crippen molar-refractivity contribution in [3.8, 4) is 11.1 Å². The normalized spacial score (nSPS) is 19.6. The number of benzene rings is 2. The van der Waals surface area contributed by atoms with Gasteiger partial charge in [-0.2, -0.15) is 0 Å². The first kappa shape index (κ1) is 26.1. The van der Waals surface area contributed by atoms with E-state index in [0.29, 0.717) is 27.9 Å². The summed E-state index contributed by atoms with van der Waals surface area (Å²) in [5.74, 6) is 0.503. The van der Waals surface area contributed by atoms with E-state index in [-0.39, 0.29) is 5.56 Å². The van der Waals surface area contributed by atoms with Gasteiger partial charge in [0.2, 0.25) is 0 Å². The molecule has 3 aliphatic rings. The Labute approximate surface area is 227 Å². The van der Waals surface area contributed by atoms with Crippen molar-refractivity contribution in [2.45, 2.75) is 32.4 Å². The smallest absolute Gasteiger partial charge is 0.155 e. The molecule has 0 unspecified atom stereocenters. The largest absolute Gasteiger partial charge is 0.381 e. The van der Waals surface area contributed by atoms with Crippen LogP contribution >= 0.6 is 0 Å². The third-order valence-corrected chi connectivity index (χ3v) is 8.18. The van der Waals surface area contributed by atoms with Crippen LogP contribution in [0, 0.1) is 23.0 Å². The van der Waals surface area contributed by atoms with Crippen LogP contribution in [-0.2, 0) is 10.4 Å². The summed E-state index contributed by atoms with van der Waals surface area (Å²) >= 11 is 0. The third-order valence-electron chi connectivity index (χ3n) is 8.18. The summed E-state index contributed by atoms with van der Waals surface area (Å²) in [6.45, 7) is 9.67. The highest BCUT2D eigenvalue weighted by molar-refractivity contribution is 5.85. The van der Waals surface area contributed by atoms with Crippen LogP contribution in [0.25, 0.3) is 11.1 Å². The molecule has 0 saturated carbocycles. The molecule has 1 spiro atoms. The van der Waals surface area contributed by atoms with Crippen LogP contribution in [-0.4, -0.2) is 60.8 Å². The van der Waals surface area contributed by atoms with E-state index in [1.165, 1.54) is 50.5 Å². The molecule has 0 amide bonds. The Bertz CT molecular complexity index is 1340. The first-order valence-electron chi connectivity index (χ1n) is 13.6. The van der Waals surface area contributed by atoms with Crippen LogP contribution in [0.3, 0.4) is 0 Å². The Balaban J connectivity index is 1.20. The van der Waals surface area contributed by atoms with E-state index in [1.807, 2.05) is 0 Å². The molecule has 206 valence electrons. The van der Waals surface area contributed by atoms with E-state index in [0.717, 1.165) is 70.5 Å². The van der Waals surface area contributed by atoms with Crippen molar-refractivity contribution in [3.63, 3.8) is 0 Å². The summed E-state index contributed by atoms with van der Waals surface area (Å²) in [4.78, 5) is 13.6. The summed E-state index contributed by atoms with van der Waals surface area (Å²) in [6, 6.07) is 8.23. The molecule has 0 radical (unpaired) electrons. The van der Waals surface area contributed by atoms with Crippen molar-refractivity contribution in [3.05, 3.63) is 66.1 Å². The predicted molar refractivity (Wildman–Crippen MR) is 146 cm³/mol. The minimum atomic E-state index is -1.82. The molecule has 1 N–H and O–H groups in total. The van der Waals surface area contributed by atoms with Crippen molar-refractivity contribution in [1.82, 2.24) is 14.9 Å². The van der Waals surface area contributed by atoms with Gasteiger partial charge in [-0.25, -0.2) is 23.1 Å². The first-order valence-corrected chi connectivity index (χ1v) is 13.6. The van der Waals surface area contributed by atoms with Crippen LogP contribution in [0.2, 0.25) is 0 Å². The average Bonchev–Trinajstić information content (AvgIpc) is 2.86. The fourth-order valence-electron chi connectivity index (χ4n) is 6.34. The van der Waals surface area contributed by atoms with E-state index in [4.69, 9.17) is 4.74 Å². The molecule has 9 heteroatoms. The number of likely N-dealkylation sites (tertiary alicyclic amines) is 1. The molecule has 4 heterocycles. The second kappa shape index (κ2) is 10.1. The number of aromatic nitrogens is 2. The van der Waals surface area contributed by atoms with E-state index in [2.05, 4.69) is 25.1 Å². The number of nitrogens with zero attached hydrogens (tertiary/aromatic N) is 4. The summed E-state index contributed by atoms with van der Waals surface area (Å²) in [7, 11) is 0. The number of rotatable bonds is 7. The first-order chi connectivity index (χ1) is 18.7. The number of ether oxygens (including phenoxy) is 1. The Kier molecular flexibility index (Phi) is 6.75. The van der Waals surface area contributed by atoms with Gasteiger partial charge in [-0.05, 0) is 74.1 Å². The Hall–Kier alpha value is -3.17. The lowest BCUT2D eigenvalue weighted by atomic mass is 9.72. The molecule has 3 fully saturated rings. The van der Waals surface area contributed by atoms with Gasteiger partial charge in [0.25, 0.3) is 0 Å². The van der Waals surface area contributed by atoms with Gasteiger partial charge < -0.3 is 19.9 Å². The molecule has 0 atom stereocenters. The maximum atomic E-state index is 15.1. The van der Waals surface area contributed by atoms with Crippen molar-refractivity contribution < 1.29 is 17.9 Å². The highest BCUT2D eigenvalue weighted by Crippen LogP contribution is 2.45. The number of hydrogen-bond acceptors (Lipinski definition) is 6. The zero-order valence-electron chi connectivity index (χ0n) is 22.4. The molecule has 3 aromatic rings. The lowest BCUT2D eigenvalue weighted by Crippen LogP contribution is -2.72. The average molecular weight is 538 g/mol. The van der Waals surface area contributed by atoms with Crippen molar-refractivity contribution in [2.75, 3.05) is 56.2 Å². The zero-order chi connectivity index (χ0) is 27.2. The number of nitrogens with one attached hydrogen (secondary N) is 1. The maximum absolute atomic E-state index is 15.1. The second-order valence-corrected chi connectivity index (χ2v) is 11.8. The predicted octanol–water partition coefficient (Wildman–Crippen LogP) is 5.92. The summed E-state index contributed by atoms with van der Waals surface area (Å²) in [5.41, 5.74) is 0.729. The topological polar surface area (TPSA) is 53.5 Å². The van der Waals surface area contributed by atoms with Gasteiger partial charge in [0.15, 0.2) is 5.82 Å². The third kappa shape index (κ3) is 5.34. The SMILES string of the molecule is CC(C)(F)c1cc(F)ccc1-c1cc(F)ccc1Nc1cncnc1N1CC2(CN(CC3CCOCC3)C2)C1. The van der Waals surface area contributed by atoms with E-state index in [9.17, 15) is 8.78 Å². The highest BCUT2D eigenvalue weighted by atomic mass is 19.1. The zero-order valence-corrected chi connectivity index (χ0v) is 22.4. The van der Waals surface area contributed by atoms with Crippen LogP contribution in [0.5, 0.6) is 0 Å². The minimum absolute atomic E-state index is 0.153. The number of hydrogen-bond donors (Lipinski definition) is 1. The van der Waals surface area contributed by atoms with Gasteiger partial charge >= 0.3 is 0 Å². The van der Waals surface area contributed by atoms with Gasteiger partial charge in [-0.15, -0.1) is 0 Å². The fourth-order valence-corrected chi connectivity index (χ4v) is 6.34. The molecule has 6 rings (SSSR count). The summed E-state index contributed by atoms with van der Waals surface area (Å²) in [5, 5.41) is 3.36. The van der Waals surface area contributed by atoms with Gasteiger partial charge in [0.05, 0.1) is 6.20 Å². The molecule has 0 aliphatic carbocycles. The van der Waals surface area contributed by atoms with Crippen molar-refractivity contribution in [1.29, 1.82) is 0 Å². The standard InChI is InChI=1S/C30H34F3N5O/c1-29(2,33)25-12-22(32)3-5-23(25)24-11-21(31)4-6-26(24)36-27-13-34-19-35-28(27)38-17-30(18-38)15-37(16-30)14-20-7-9-39-10-8-20/h3-6,11-13,19-20,36H,7-10,14-18H2,1-2H3. The lowest BCUT2D eigenvalue weighted by molar-refractivity contribution is -0.0429. The monoisotopic (exact) mass is 537 g/mol. The molecule has 6 nitrogen and oxygen atoms in total. The molecular formula is C30H34F3N5O. The van der Waals surface area contributed by atoms with Crippen LogP contribution in [0.4, 0.5) is 30.4 Å². The van der Waals surface area contributed by atoms with Gasteiger partial charge in [0.1, 0.15) is 29.3 Å². The fraction of sp³-hybridized carbons (Fsp3) is 0.467. The number of alkyl halides is 1. The molecule has 3 saturated heterocycles. The Morgan fingerprint density at radius 2 is 1.69 bits per heavy atom. The lowest BCUT2D eigenvalue weighted by Gasteiger charge is -2.61. The maximum Gasteiger partial charge on any atom is 0.155 e. The van der Waals surface area contributed by atoms with E-state index in [1.54, 1.807) is 12.3 Å². The Morgan fingerprint density at radius 1 is 0.974 bits per heavy atom. The second-order valence-electron chi connectivity index (χ2n) is 11.8. The van der Waals surface area contributed by atoms with E-state index < -0.39 is 17.3 Å². The number of halogens is 3. The van der Waals surface area contributed by atoms with Crippen LogP contribution in [0.1, 0.15) is 32.3 Å². The van der Waals surface area contributed by atoms with Crippen molar-refractivity contribution >= 4 is 17.2 Å². The summed E-state index contributed by atoms with van der Waals surface area (Å²) < 4.78 is 49.1. The molecule has 2 aromatic carbocycles. The van der Waals surface area contributed by atoms with Crippen molar-refractivity contribution in [2.24, 2.45) is 11.3 Å². The minimum Gasteiger partial charge on any atom is -0.381 e. The molecule has 1 aromatic heterocycles. The van der Waals surface area contributed by atoms with Gasteiger partial charge in [0, 0.05) is 62.6 Å². The highest BCUT2D eigenvalue weighted by Gasteiger charge is 2.52. The van der Waals surface area contributed by atoms with Crippen LogP contribution < -0.4 is 10.2 Å². The molecule has 0 bridgehead atoms. The number of anilines is 3. The molecular weight excluding hydrogens is 503 g/mol. The van der Waals surface area contributed by atoms with Gasteiger partial charge in [-0.1, -0.05) is 6.07 Å². The Morgan fingerprint density at radius 3 is 2.44 bits per heavy atom.